The van der Waals surface area contributed by atoms with Crippen LogP contribution < -0.4 is 11.1 Å². The number of ether oxygens (including phenoxy) is 1. The molecule has 4 heteroatoms. The third-order valence-electron chi connectivity index (χ3n) is 4.36. The van der Waals surface area contributed by atoms with Gasteiger partial charge in [-0.05, 0) is 44.1 Å². The van der Waals surface area contributed by atoms with Crippen LogP contribution in [0.15, 0.2) is 0 Å². The van der Waals surface area contributed by atoms with Crippen molar-refractivity contribution >= 4 is 5.91 Å². The minimum atomic E-state index is -0.618. The molecule has 2 rings (SSSR count). The Labute approximate surface area is 110 Å². The summed E-state index contributed by atoms with van der Waals surface area (Å²) in [6, 6.07) is 0. The molecule has 2 fully saturated rings. The summed E-state index contributed by atoms with van der Waals surface area (Å²) in [6.45, 7) is 3.99. The summed E-state index contributed by atoms with van der Waals surface area (Å²) in [5.41, 5.74) is 4.99. The van der Waals surface area contributed by atoms with Crippen molar-refractivity contribution in [3.63, 3.8) is 0 Å². The van der Waals surface area contributed by atoms with Crippen molar-refractivity contribution in [2.24, 2.45) is 17.6 Å². The van der Waals surface area contributed by atoms with Crippen LogP contribution >= 0.6 is 0 Å². The lowest BCUT2D eigenvalue weighted by Gasteiger charge is -2.31. The van der Waals surface area contributed by atoms with Crippen LogP contribution in [0.2, 0.25) is 0 Å². The molecule has 2 aliphatic rings. The number of amides is 1. The molecule has 0 aromatic rings. The Hall–Kier alpha value is -0.610. The highest BCUT2D eigenvalue weighted by Gasteiger charge is 2.49. The summed E-state index contributed by atoms with van der Waals surface area (Å²) in [5, 5.41) is 3.28. The van der Waals surface area contributed by atoms with Gasteiger partial charge in [0.2, 0.25) is 5.91 Å². The minimum Gasteiger partial charge on any atom is -0.379 e. The molecule has 0 radical (unpaired) electrons. The first-order valence-corrected chi connectivity index (χ1v) is 7.31. The number of carbonyl (C=O) groups is 1. The quantitative estimate of drug-likeness (QED) is 0.689. The van der Waals surface area contributed by atoms with E-state index >= 15 is 0 Å². The van der Waals surface area contributed by atoms with Gasteiger partial charge in [-0.25, -0.2) is 0 Å². The van der Waals surface area contributed by atoms with Crippen molar-refractivity contribution in [3.05, 3.63) is 0 Å². The van der Waals surface area contributed by atoms with E-state index in [2.05, 4.69) is 5.32 Å². The summed E-state index contributed by atoms with van der Waals surface area (Å²) in [6.07, 6.45) is 7.36. The molecule has 0 aromatic carbocycles. The number of hydrogen-bond acceptors (Lipinski definition) is 3. The van der Waals surface area contributed by atoms with Gasteiger partial charge in [0.15, 0.2) is 0 Å². The van der Waals surface area contributed by atoms with E-state index in [-0.39, 0.29) is 5.91 Å². The van der Waals surface area contributed by atoms with Gasteiger partial charge in [0, 0.05) is 6.61 Å². The number of primary amides is 1. The maximum absolute atomic E-state index is 11.8. The third-order valence-corrected chi connectivity index (χ3v) is 4.36. The third kappa shape index (κ3) is 3.04. The van der Waals surface area contributed by atoms with Gasteiger partial charge in [-0.2, -0.15) is 0 Å². The van der Waals surface area contributed by atoms with Gasteiger partial charge in [0.25, 0.3) is 0 Å². The molecule has 4 nitrogen and oxygen atoms in total. The molecule has 104 valence electrons. The number of likely N-dealkylation sites (N-methyl/N-ethyl adjacent to an activating group) is 1. The predicted molar refractivity (Wildman–Crippen MR) is 71.1 cm³/mol. The average Bonchev–Trinajstić information content (AvgIpc) is 3.06. The summed E-state index contributed by atoms with van der Waals surface area (Å²) in [5.74, 6) is 0.813. The normalized spacial score (nSPS) is 24.1. The standard InChI is InChI=1S/C14H26N2O2/c1-2-16-14(13(15)17,12-7-8-12)10-18-9-11-5-3-4-6-11/h11-12,16H,2-10H2,1H3,(H2,15,17). The van der Waals surface area contributed by atoms with Gasteiger partial charge in [0.1, 0.15) is 5.54 Å². The Morgan fingerprint density at radius 1 is 1.33 bits per heavy atom. The highest BCUT2D eigenvalue weighted by molar-refractivity contribution is 5.85. The second-order valence-electron chi connectivity index (χ2n) is 5.81. The van der Waals surface area contributed by atoms with Crippen LogP contribution in [-0.2, 0) is 9.53 Å². The molecule has 0 aliphatic heterocycles. The van der Waals surface area contributed by atoms with Crippen molar-refractivity contribution in [1.29, 1.82) is 0 Å². The molecule has 2 aliphatic carbocycles. The minimum absolute atomic E-state index is 0.252. The van der Waals surface area contributed by atoms with Crippen LogP contribution in [0.4, 0.5) is 0 Å². The summed E-state index contributed by atoms with van der Waals surface area (Å²) in [4.78, 5) is 11.8. The lowest BCUT2D eigenvalue weighted by molar-refractivity contribution is -0.128. The molecule has 1 unspecified atom stereocenters. The van der Waals surface area contributed by atoms with Gasteiger partial charge >= 0.3 is 0 Å². The summed E-state index contributed by atoms with van der Waals surface area (Å²) < 4.78 is 5.83. The van der Waals surface area contributed by atoms with Crippen molar-refractivity contribution in [3.8, 4) is 0 Å². The Balaban J connectivity index is 1.85. The molecule has 0 bridgehead atoms. The van der Waals surface area contributed by atoms with Crippen LogP contribution in [0.25, 0.3) is 0 Å². The Morgan fingerprint density at radius 3 is 2.50 bits per heavy atom. The Kier molecular flexibility index (Phi) is 4.62. The Bertz CT molecular complexity index is 286. The van der Waals surface area contributed by atoms with E-state index in [9.17, 15) is 4.79 Å². The highest BCUT2D eigenvalue weighted by Crippen LogP contribution is 2.40. The Morgan fingerprint density at radius 2 is 2.00 bits per heavy atom. The monoisotopic (exact) mass is 254 g/mol. The fourth-order valence-corrected chi connectivity index (χ4v) is 3.13. The summed E-state index contributed by atoms with van der Waals surface area (Å²) >= 11 is 0. The molecule has 1 atom stereocenters. The molecule has 2 saturated carbocycles. The maximum atomic E-state index is 11.8. The van der Waals surface area contributed by atoms with Crippen molar-refractivity contribution in [2.45, 2.75) is 51.0 Å². The van der Waals surface area contributed by atoms with Gasteiger partial charge in [-0.1, -0.05) is 19.8 Å². The smallest absolute Gasteiger partial charge is 0.240 e. The molecule has 0 heterocycles. The van der Waals surface area contributed by atoms with Crippen molar-refractivity contribution in [1.82, 2.24) is 5.32 Å². The number of hydrogen-bond donors (Lipinski definition) is 2. The summed E-state index contributed by atoms with van der Waals surface area (Å²) in [7, 11) is 0. The second-order valence-corrected chi connectivity index (χ2v) is 5.81. The van der Waals surface area contributed by atoms with Gasteiger partial charge < -0.3 is 15.8 Å². The first-order valence-electron chi connectivity index (χ1n) is 7.31. The zero-order chi connectivity index (χ0) is 13.0. The van der Waals surface area contributed by atoms with Crippen LogP contribution in [-0.4, -0.2) is 31.2 Å². The van der Waals surface area contributed by atoms with E-state index < -0.39 is 5.54 Å². The van der Waals surface area contributed by atoms with E-state index in [1.807, 2.05) is 6.92 Å². The number of nitrogens with one attached hydrogen (secondary N) is 1. The molecule has 0 spiro atoms. The molecule has 0 saturated heterocycles. The van der Waals surface area contributed by atoms with E-state index in [1.54, 1.807) is 0 Å². The van der Waals surface area contributed by atoms with Crippen molar-refractivity contribution < 1.29 is 9.53 Å². The SMILES string of the molecule is CCNC(COCC1CCCC1)(C(N)=O)C1CC1. The zero-order valence-corrected chi connectivity index (χ0v) is 11.4. The van der Waals surface area contributed by atoms with Gasteiger partial charge in [0.05, 0.1) is 6.61 Å². The first-order chi connectivity index (χ1) is 8.69. The predicted octanol–water partition coefficient (Wildman–Crippen LogP) is 1.44. The number of rotatable bonds is 8. The van der Waals surface area contributed by atoms with Crippen LogP contribution in [0.5, 0.6) is 0 Å². The second kappa shape index (κ2) is 6.02. The van der Waals surface area contributed by atoms with E-state index in [0.717, 1.165) is 26.0 Å². The molecule has 18 heavy (non-hydrogen) atoms. The maximum Gasteiger partial charge on any atom is 0.240 e. The number of carbonyl (C=O) groups excluding carboxylic acids is 1. The topological polar surface area (TPSA) is 64.3 Å². The molecule has 0 aromatic heterocycles. The largest absolute Gasteiger partial charge is 0.379 e. The molecule has 3 N–H and O–H groups in total. The fourth-order valence-electron chi connectivity index (χ4n) is 3.13. The lowest BCUT2D eigenvalue weighted by Crippen LogP contribution is -2.60. The molecular weight excluding hydrogens is 228 g/mol. The number of nitrogens with two attached hydrogens (primary N) is 1. The average molecular weight is 254 g/mol. The molecule has 1 amide bonds. The van der Waals surface area contributed by atoms with E-state index in [1.165, 1.54) is 25.7 Å². The fraction of sp³-hybridized carbons (Fsp3) is 0.929. The first kappa shape index (κ1) is 13.8. The van der Waals surface area contributed by atoms with E-state index in [4.69, 9.17) is 10.5 Å². The van der Waals surface area contributed by atoms with Crippen molar-refractivity contribution in [2.75, 3.05) is 19.8 Å². The van der Waals surface area contributed by atoms with Crippen LogP contribution in [0, 0.1) is 11.8 Å². The lowest BCUT2D eigenvalue weighted by atomic mass is 9.93. The van der Waals surface area contributed by atoms with Crippen LogP contribution in [0.3, 0.4) is 0 Å². The van der Waals surface area contributed by atoms with Gasteiger partial charge in [-0.3, -0.25) is 4.79 Å². The highest BCUT2D eigenvalue weighted by atomic mass is 16.5. The van der Waals surface area contributed by atoms with E-state index in [0.29, 0.717) is 18.4 Å². The van der Waals surface area contributed by atoms with Gasteiger partial charge in [-0.15, -0.1) is 0 Å². The molecular formula is C14H26N2O2. The van der Waals surface area contributed by atoms with Crippen LogP contribution in [0.1, 0.15) is 45.4 Å². The zero-order valence-electron chi connectivity index (χ0n) is 11.4.